The van der Waals surface area contributed by atoms with E-state index in [-0.39, 0.29) is 23.7 Å². The van der Waals surface area contributed by atoms with Crippen LogP contribution in [0.1, 0.15) is 44.0 Å². The standard InChI is InChI=1S/C25H33N5O3/c1-17(2)13-30-14-20(9-21(15-30)24(32)33-4)23(31)29-25(3,22-12-27-16-28-22)10-18-5-7-19(11-26)8-6-18/h5-8,12,16-17,20-21H,9-10,13-15H2,1-4H3,(H,27,28)(H,29,31). The van der Waals surface area contributed by atoms with Crippen molar-refractivity contribution in [2.24, 2.45) is 17.8 Å². The molecular formula is C25H33N5O3. The lowest BCUT2D eigenvalue weighted by molar-refractivity contribution is -0.149. The van der Waals surface area contributed by atoms with E-state index in [1.165, 1.54) is 7.11 Å². The molecule has 1 fully saturated rings. The predicted molar refractivity (Wildman–Crippen MR) is 124 cm³/mol. The van der Waals surface area contributed by atoms with Gasteiger partial charge in [-0.3, -0.25) is 9.59 Å². The third-order valence-corrected chi connectivity index (χ3v) is 6.19. The van der Waals surface area contributed by atoms with Gasteiger partial charge in [0.2, 0.25) is 5.91 Å². The number of likely N-dealkylation sites (tertiary alicyclic amines) is 1. The van der Waals surface area contributed by atoms with Gasteiger partial charge in [-0.1, -0.05) is 26.0 Å². The SMILES string of the molecule is COC(=O)C1CC(C(=O)NC(C)(Cc2ccc(C#N)cc2)c2cnc[nH]2)CN(CC(C)C)C1. The van der Waals surface area contributed by atoms with Gasteiger partial charge in [-0.2, -0.15) is 5.26 Å². The van der Waals surface area contributed by atoms with Crippen LogP contribution in [-0.2, 0) is 26.3 Å². The molecule has 0 radical (unpaired) electrons. The normalized spacial score (nSPS) is 20.6. The minimum atomic E-state index is -0.733. The number of nitrogens with one attached hydrogen (secondary N) is 2. The van der Waals surface area contributed by atoms with Crippen LogP contribution in [0.25, 0.3) is 0 Å². The molecule has 3 atom stereocenters. The average Bonchev–Trinajstić information content (AvgIpc) is 3.34. The Kier molecular flexibility index (Phi) is 7.88. The van der Waals surface area contributed by atoms with E-state index in [1.807, 2.05) is 19.1 Å². The third-order valence-electron chi connectivity index (χ3n) is 6.19. The average molecular weight is 452 g/mol. The van der Waals surface area contributed by atoms with E-state index in [2.05, 4.69) is 40.1 Å². The van der Waals surface area contributed by atoms with Crippen molar-refractivity contribution in [2.75, 3.05) is 26.7 Å². The highest BCUT2D eigenvalue weighted by Gasteiger charge is 2.39. The zero-order chi connectivity index (χ0) is 24.0. The number of esters is 1. The molecule has 1 aromatic heterocycles. The molecule has 2 N–H and O–H groups in total. The van der Waals surface area contributed by atoms with E-state index in [0.29, 0.717) is 37.4 Å². The zero-order valence-corrected chi connectivity index (χ0v) is 19.8. The number of aromatic amines is 1. The number of H-pyrrole nitrogens is 1. The first-order valence-electron chi connectivity index (χ1n) is 11.3. The number of imidazole rings is 1. The van der Waals surface area contributed by atoms with Gasteiger partial charge in [0, 0.05) is 26.1 Å². The van der Waals surface area contributed by atoms with Crippen molar-refractivity contribution >= 4 is 11.9 Å². The number of methoxy groups -OCH3 is 1. The van der Waals surface area contributed by atoms with Gasteiger partial charge in [0.05, 0.1) is 54.3 Å². The molecule has 0 saturated carbocycles. The summed E-state index contributed by atoms with van der Waals surface area (Å²) in [6.07, 6.45) is 4.29. The number of benzene rings is 1. The summed E-state index contributed by atoms with van der Waals surface area (Å²) in [6.45, 7) is 8.25. The summed E-state index contributed by atoms with van der Waals surface area (Å²) in [7, 11) is 1.39. The second kappa shape index (κ2) is 10.6. The molecule has 8 nitrogen and oxygen atoms in total. The highest BCUT2D eigenvalue weighted by molar-refractivity contribution is 5.81. The molecule has 1 aliphatic rings. The molecule has 1 aromatic carbocycles. The Balaban J connectivity index is 1.81. The number of rotatable bonds is 8. The van der Waals surface area contributed by atoms with E-state index in [1.54, 1.807) is 24.7 Å². The summed E-state index contributed by atoms with van der Waals surface area (Å²) in [5, 5.41) is 12.3. The van der Waals surface area contributed by atoms with E-state index in [4.69, 9.17) is 10.00 Å². The van der Waals surface area contributed by atoms with Crippen LogP contribution in [0, 0.1) is 29.1 Å². The topological polar surface area (TPSA) is 111 Å². The number of hydrogen-bond acceptors (Lipinski definition) is 6. The number of hydrogen-bond donors (Lipinski definition) is 2. The summed E-state index contributed by atoms with van der Waals surface area (Å²) in [5.74, 6) is -0.588. The van der Waals surface area contributed by atoms with E-state index >= 15 is 0 Å². The minimum Gasteiger partial charge on any atom is -0.469 e. The van der Waals surface area contributed by atoms with Crippen molar-refractivity contribution in [3.05, 3.63) is 53.6 Å². The Morgan fingerprint density at radius 2 is 2.00 bits per heavy atom. The number of nitrogens with zero attached hydrogens (tertiary/aromatic N) is 3. The first-order chi connectivity index (χ1) is 15.7. The molecule has 0 bridgehead atoms. The molecule has 8 heteroatoms. The zero-order valence-electron chi connectivity index (χ0n) is 19.8. The fourth-order valence-electron chi connectivity index (χ4n) is 4.63. The van der Waals surface area contributed by atoms with Crippen LogP contribution < -0.4 is 5.32 Å². The van der Waals surface area contributed by atoms with Gasteiger partial charge in [0.15, 0.2) is 0 Å². The Morgan fingerprint density at radius 3 is 2.58 bits per heavy atom. The van der Waals surface area contributed by atoms with E-state index in [0.717, 1.165) is 17.8 Å². The Morgan fingerprint density at radius 1 is 1.30 bits per heavy atom. The van der Waals surface area contributed by atoms with Gasteiger partial charge in [-0.05, 0) is 37.0 Å². The molecule has 1 saturated heterocycles. The van der Waals surface area contributed by atoms with Crippen molar-refractivity contribution < 1.29 is 14.3 Å². The first kappa shape index (κ1) is 24.5. The third kappa shape index (κ3) is 6.20. The molecule has 1 aliphatic heterocycles. The molecule has 3 unspecified atom stereocenters. The Labute approximate surface area is 195 Å². The summed E-state index contributed by atoms with van der Waals surface area (Å²) >= 11 is 0. The van der Waals surface area contributed by atoms with Crippen LogP contribution in [0.2, 0.25) is 0 Å². The molecule has 2 aromatic rings. The van der Waals surface area contributed by atoms with Crippen molar-refractivity contribution in [3.8, 4) is 6.07 Å². The molecule has 0 aliphatic carbocycles. The molecule has 33 heavy (non-hydrogen) atoms. The summed E-state index contributed by atoms with van der Waals surface area (Å²) in [5.41, 5.74) is 1.64. The van der Waals surface area contributed by atoms with Crippen LogP contribution in [0.3, 0.4) is 0 Å². The second-order valence-corrected chi connectivity index (χ2v) is 9.54. The molecule has 1 amide bonds. The van der Waals surface area contributed by atoms with Crippen molar-refractivity contribution in [1.82, 2.24) is 20.2 Å². The first-order valence-corrected chi connectivity index (χ1v) is 11.3. The van der Waals surface area contributed by atoms with Crippen LogP contribution in [0.15, 0.2) is 36.8 Å². The lowest BCUT2D eigenvalue weighted by Gasteiger charge is -2.39. The Hall–Kier alpha value is -3.18. The quantitative estimate of drug-likeness (QED) is 0.597. The van der Waals surface area contributed by atoms with Gasteiger partial charge in [0.25, 0.3) is 0 Å². The monoisotopic (exact) mass is 451 g/mol. The number of ether oxygens (including phenoxy) is 1. The summed E-state index contributed by atoms with van der Waals surface area (Å²) < 4.78 is 5.00. The maximum atomic E-state index is 13.5. The number of piperidine rings is 1. The maximum absolute atomic E-state index is 13.5. The summed E-state index contributed by atoms with van der Waals surface area (Å²) in [4.78, 5) is 35.3. The molecule has 2 heterocycles. The highest BCUT2D eigenvalue weighted by Crippen LogP contribution is 2.28. The fraction of sp³-hybridized carbons (Fsp3) is 0.520. The Bertz CT molecular complexity index is 980. The van der Waals surface area contributed by atoms with Gasteiger partial charge >= 0.3 is 5.97 Å². The van der Waals surface area contributed by atoms with Crippen LogP contribution in [0.5, 0.6) is 0 Å². The molecule has 0 spiro atoms. The number of aromatic nitrogens is 2. The lowest BCUT2D eigenvalue weighted by Crippen LogP contribution is -2.53. The smallest absolute Gasteiger partial charge is 0.309 e. The van der Waals surface area contributed by atoms with Crippen LogP contribution in [-0.4, -0.2) is 53.5 Å². The van der Waals surface area contributed by atoms with Gasteiger partial charge in [-0.25, -0.2) is 4.98 Å². The number of carbonyl (C=O) groups is 2. The number of carbonyl (C=O) groups excluding carboxylic acids is 2. The van der Waals surface area contributed by atoms with Gasteiger partial charge in [0.1, 0.15) is 0 Å². The molecular weight excluding hydrogens is 418 g/mol. The number of amides is 1. The van der Waals surface area contributed by atoms with Gasteiger partial charge in [-0.15, -0.1) is 0 Å². The lowest BCUT2D eigenvalue weighted by atomic mass is 9.85. The van der Waals surface area contributed by atoms with E-state index in [9.17, 15) is 9.59 Å². The fourth-order valence-corrected chi connectivity index (χ4v) is 4.63. The van der Waals surface area contributed by atoms with E-state index < -0.39 is 5.54 Å². The second-order valence-electron chi connectivity index (χ2n) is 9.54. The molecule has 3 rings (SSSR count). The maximum Gasteiger partial charge on any atom is 0.309 e. The minimum absolute atomic E-state index is 0.0943. The van der Waals surface area contributed by atoms with Crippen LogP contribution >= 0.6 is 0 Å². The van der Waals surface area contributed by atoms with Gasteiger partial charge < -0.3 is 19.9 Å². The van der Waals surface area contributed by atoms with Crippen LogP contribution in [0.4, 0.5) is 0 Å². The largest absolute Gasteiger partial charge is 0.469 e. The van der Waals surface area contributed by atoms with Crippen molar-refractivity contribution in [3.63, 3.8) is 0 Å². The highest BCUT2D eigenvalue weighted by atomic mass is 16.5. The van der Waals surface area contributed by atoms with Crippen molar-refractivity contribution in [2.45, 2.75) is 39.2 Å². The molecule has 176 valence electrons. The van der Waals surface area contributed by atoms with Crippen molar-refractivity contribution in [1.29, 1.82) is 5.26 Å². The predicted octanol–water partition coefficient (Wildman–Crippen LogP) is 2.62. The number of nitriles is 1. The summed E-state index contributed by atoms with van der Waals surface area (Å²) in [6, 6.07) is 9.48.